The van der Waals surface area contributed by atoms with E-state index >= 15 is 0 Å². The summed E-state index contributed by atoms with van der Waals surface area (Å²) in [5, 5.41) is 2.96. The maximum Gasteiger partial charge on any atom is 0.244 e. The first kappa shape index (κ1) is 15.4. The number of hydrogen-bond donors (Lipinski definition) is 1. The molecule has 0 saturated carbocycles. The van der Waals surface area contributed by atoms with Crippen LogP contribution in [0.5, 0.6) is 0 Å². The van der Waals surface area contributed by atoms with Crippen molar-refractivity contribution in [3.8, 4) is 0 Å². The number of carbonyl (C=O) groups excluding carboxylic acids is 1. The number of rotatable bonds is 7. The smallest absolute Gasteiger partial charge is 0.244 e. The quantitative estimate of drug-likeness (QED) is 0.742. The van der Waals surface area contributed by atoms with Gasteiger partial charge in [0.05, 0.1) is 0 Å². The molecule has 0 radical (unpaired) electrons. The number of benzene rings is 1. The molecule has 0 aromatic heterocycles. The Hall–Kier alpha value is -1.64. The Morgan fingerprint density at radius 1 is 1.26 bits per heavy atom. The molecule has 0 spiro atoms. The van der Waals surface area contributed by atoms with Crippen molar-refractivity contribution in [3.63, 3.8) is 0 Å². The lowest BCUT2D eigenvalue weighted by Gasteiger charge is -2.15. The van der Waals surface area contributed by atoms with Crippen molar-refractivity contribution in [3.05, 3.63) is 41.7 Å². The minimum atomic E-state index is -0.315. The van der Waals surface area contributed by atoms with Crippen LogP contribution in [0.3, 0.4) is 0 Å². The predicted octanol–water partition coefficient (Wildman–Crippen LogP) is 3.92. The van der Waals surface area contributed by atoms with E-state index in [1.165, 1.54) is 18.2 Å². The normalized spacial score (nSPS) is 11.2. The molecule has 0 aliphatic heterocycles. The van der Waals surface area contributed by atoms with E-state index in [2.05, 4.69) is 19.2 Å². The van der Waals surface area contributed by atoms with Gasteiger partial charge in [0.1, 0.15) is 5.82 Å². The highest BCUT2D eigenvalue weighted by Gasteiger charge is 2.08. The Morgan fingerprint density at radius 3 is 2.47 bits per heavy atom. The van der Waals surface area contributed by atoms with Gasteiger partial charge in [-0.1, -0.05) is 44.9 Å². The van der Waals surface area contributed by atoms with Gasteiger partial charge in [-0.25, -0.2) is 4.39 Å². The van der Waals surface area contributed by atoms with Crippen LogP contribution in [0, 0.1) is 5.82 Å². The molecule has 1 aromatic carbocycles. The molecule has 0 atom stereocenters. The second-order valence-electron chi connectivity index (χ2n) is 4.64. The van der Waals surface area contributed by atoms with E-state index in [-0.39, 0.29) is 17.8 Å². The standard InChI is InChI=1S/C16H22FNO/c1-3-7-14(8-4-2)18-16(19)12-11-13-9-5-6-10-15(13)17/h5-6,9-12,14H,3-4,7-8H2,1-2H3,(H,18,19)/b12-11+. The third kappa shape index (κ3) is 5.69. The van der Waals surface area contributed by atoms with Crippen LogP contribution < -0.4 is 5.32 Å². The second kappa shape index (κ2) is 8.46. The highest BCUT2D eigenvalue weighted by Crippen LogP contribution is 2.08. The summed E-state index contributed by atoms with van der Waals surface area (Å²) in [6, 6.07) is 6.62. The third-order valence-electron chi connectivity index (χ3n) is 2.94. The van der Waals surface area contributed by atoms with Crippen molar-refractivity contribution in [1.29, 1.82) is 0 Å². The molecule has 0 unspecified atom stereocenters. The third-order valence-corrected chi connectivity index (χ3v) is 2.94. The number of halogens is 1. The summed E-state index contributed by atoms with van der Waals surface area (Å²) in [6.07, 6.45) is 6.96. The van der Waals surface area contributed by atoms with Crippen molar-refractivity contribution in [1.82, 2.24) is 5.32 Å². The molecule has 0 saturated heterocycles. The van der Waals surface area contributed by atoms with Gasteiger partial charge in [-0.3, -0.25) is 4.79 Å². The van der Waals surface area contributed by atoms with Crippen LogP contribution in [0.4, 0.5) is 4.39 Å². The molecule has 0 aliphatic rings. The van der Waals surface area contributed by atoms with E-state index < -0.39 is 0 Å². The lowest BCUT2D eigenvalue weighted by molar-refractivity contribution is -0.117. The highest BCUT2D eigenvalue weighted by molar-refractivity contribution is 5.91. The van der Waals surface area contributed by atoms with Crippen LogP contribution in [-0.2, 0) is 4.79 Å². The summed E-state index contributed by atoms with van der Waals surface area (Å²) in [4.78, 5) is 11.8. The molecule has 1 amide bonds. The van der Waals surface area contributed by atoms with Gasteiger partial charge < -0.3 is 5.32 Å². The summed E-state index contributed by atoms with van der Waals surface area (Å²) in [5.74, 6) is -0.472. The van der Waals surface area contributed by atoms with E-state index in [0.717, 1.165) is 25.7 Å². The summed E-state index contributed by atoms with van der Waals surface area (Å²) < 4.78 is 13.4. The first-order valence-electron chi connectivity index (χ1n) is 6.90. The monoisotopic (exact) mass is 263 g/mol. The van der Waals surface area contributed by atoms with Crippen molar-refractivity contribution in [2.24, 2.45) is 0 Å². The molecule has 1 N–H and O–H groups in total. The molecule has 2 nitrogen and oxygen atoms in total. The Labute approximate surface area is 114 Å². The molecule has 1 rings (SSSR count). The van der Waals surface area contributed by atoms with Gasteiger partial charge in [0, 0.05) is 17.7 Å². The first-order valence-corrected chi connectivity index (χ1v) is 6.90. The topological polar surface area (TPSA) is 29.1 Å². The average molecular weight is 263 g/mol. The van der Waals surface area contributed by atoms with Gasteiger partial charge >= 0.3 is 0 Å². The molecular weight excluding hydrogens is 241 g/mol. The first-order chi connectivity index (χ1) is 9.17. The molecule has 0 heterocycles. The summed E-state index contributed by atoms with van der Waals surface area (Å²) in [5.41, 5.74) is 0.431. The van der Waals surface area contributed by atoms with E-state index in [0.29, 0.717) is 5.56 Å². The molecule has 3 heteroatoms. The summed E-state index contributed by atoms with van der Waals surface area (Å²) >= 11 is 0. The SMILES string of the molecule is CCCC(CCC)NC(=O)/C=C/c1ccccc1F. The Bertz CT molecular complexity index is 423. The van der Waals surface area contributed by atoms with E-state index in [9.17, 15) is 9.18 Å². The predicted molar refractivity (Wildman–Crippen MR) is 77.2 cm³/mol. The van der Waals surface area contributed by atoms with Crippen LogP contribution >= 0.6 is 0 Å². The average Bonchev–Trinajstić information content (AvgIpc) is 2.38. The zero-order chi connectivity index (χ0) is 14.1. The number of carbonyl (C=O) groups is 1. The van der Waals surface area contributed by atoms with E-state index in [4.69, 9.17) is 0 Å². The zero-order valence-corrected chi connectivity index (χ0v) is 11.7. The highest BCUT2D eigenvalue weighted by atomic mass is 19.1. The number of amides is 1. The lowest BCUT2D eigenvalue weighted by Crippen LogP contribution is -2.33. The minimum Gasteiger partial charge on any atom is -0.350 e. The number of nitrogens with one attached hydrogen (secondary N) is 1. The number of hydrogen-bond acceptors (Lipinski definition) is 1. The fraction of sp³-hybridized carbons (Fsp3) is 0.438. The molecule has 0 fully saturated rings. The van der Waals surface area contributed by atoms with E-state index in [1.54, 1.807) is 18.2 Å². The maximum atomic E-state index is 13.4. The zero-order valence-electron chi connectivity index (χ0n) is 11.7. The second-order valence-corrected chi connectivity index (χ2v) is 4.64. The largest absolute Gasteiger partial charge is 0.350 e. The van der Waals surface area contributed by atoms with Crippen molar-refractivity contribution < 1.29 is 9.18 Å². The summed E-state index contributed by atoms with van der Waals surface area (Å²) in [6.45, 7) is 4.20. The van der Waals surface area contributed by atoms with Gasteiger partial charge in [0.25, 0.3) is 0 Å². The van der Waals surface area contributed by atoms with Gasteiger partial charge in [-0.15, -0.1) is 0 Å². The van der Waals surface area contributed by atoms with Crippen molar-refractivity contribution >= 4 is 12.0 Å². The fourth-order valence-electron chi connectivity index (χ4n) is 2.01. The van der Waals surface area contributed by atoms with Crippen molar-refractivity contribution in [2.75, 3.05) is 0 Å². The van der Waals surface area contributed by atoms with Crippen LogP contribution in [0.25, 0.3) is 6.08 Å². The lowest BCUT2D eigenvalue weighted by atomic mass is 10.1. The van der Waals surface area contributed by atoms with Crippen molar-refractivity contribution in [2.45, 2.75) is 45.6 Å². The Morgan fingerprint density at radius 2 is 1.89 bits per heavy atom. The maximum absolute atomic E-state index is 13.4. The summed E-state index contributed by atoms with van der Waals surface area (Å²) in [7, 11) is 0. The molecule has 0 aliphatic carbocycles. The van der Waals surface area contributed by atoms with Crippen LogP contribution in [0.2, 0.25) is 0 Å². The molecular formula is C16H22FNO. The van der Waals surface area contributed by atoms with Gasteiger partial charge in [-0.05, 0) is 25.0 Å². The van der Waals surface area contributed by atoms with Crippen LogP contribution in [0.1, 0.15) is 45.1 Å². The Kier molecular flexibility index (Phi) is 6.86. The molecule has 104 valence electrons. The van der Waals surface area contributed by atoms with Crippen LogP contribution in [-0.4, -0.2) is 11.9 Å². The van der Waals surface area contributed by atoms with Gasteiger partial charge in [0.15, 0.2) is 0 Å². The molecule has 1 aromatic rings. The van der Waals surface area contributed by atoms with Crippen LogP contribution in [0.15, 0.2) is 30.3 Å². The minimum absolute atomic E-state index is 0.157. The Balaban J connectivity index is 2.56. The fourth-order valence-corrected chi connectivity index (χ4v) is 2.01. The molecule has 19 heavy (non-hydrogen) atoms. The van der Waals surface area contributed by atoms with E-state index in [1.807, 2.05) is 0 Å². The van der Waals surface area contributed by atoms with Gasteiger partial charge in [-0.2, -0.15) is 0 Å². The molecule has 0 bridgehead atoms. The van der Waals surface area contributed by atoms with Gasteiger partial charge in [0.2, 0.25) is 5.91 Å².